The molecule has 0 spiro atoms. The van der Waals surface area contributed by atoms with E-state index in [4.69, 9.17) is 14.7 Å². The maximum Gasteiger partial charge on any atom is 0.324 e. The first-order valence-corrected chi connectivity index (χ1v) is 9.83. The van der Waals surface area contributed by atoms with Crippen molar-refractivity contribution in [2.24, 2.45) is 0 Å². The van der Waals surface area contributed by atoms with Crippen LogP contribution in [0.5, 0.6) is 0 Å². The Morgan fingerprint density at radius 1 is 0.792 bits per heavy atom. The lowest BCUT2D eigenvalue weighted by atomic mass is 9.91. The van der Waals surface area contributed by atoms with Gasteiger partial charge in [0, 0.05) is 0 Å². The van der Waals surface area contributed by atoms with Gasteiger partial charge < -0.3 is 14.7 Å². The third kappa shape index (κ3) is 7.55. The minimum Gasteiger partial charge on any atom is -0.328 e. The molecule has 0 saturated heterocycles. The van der Waals surface area contributed by atoms with E-state index in [1.54, 1.807) is 5.56 Å². The molecular formula is C20H29O3P. The summed E-state index contributed by atoms with van der Waals surface area (Å²) in [6.07, 6.45) is 7.69. The maximum atomic E-state index is 7.23. The fourth-order valence-corrected chi connectivity index (χ4v) is 2.92. The molecule has 4 heteroatoms. The second-order valence-electron chi connectivity index (χ2n) is 5.74. The highest BCUT2D eigenvalue weighted by molar-refractivity contribution is 7.38. The van der Waals surface area contributed by atoms with E-state index < -0.39 is 8.60 Å². The number of aryl methyl sites for hydroxylation is 1. The molecule has 2 aromatic carbocycles. The van der Waals surface area contributed by atoms with Gasteiger partial charge in [-0.1, -0.05) is 81.6 Å². The number of hydrogen-bond donors (Lipinski definition) is 3. The summed E-state index contributed by atoms with van der Waals surface area (Å²) in [5.74, 6) is 0. The molecule has 0 heterocycles. The van der Waals surface area contributed by atoms with E-state index in [-0.39, 0.29) is 0 Å². The molecule has 0 unspecified atom stereocenters. The molecule has 2 rings (SSSR count). The Labute approximate surface area is 147 Å². The molecule has 0 aliphatic heterocycles. The van der Waals surface area contributed by atoms with E-state index in [2.05, 4.69) is 62.4 Å². The van der Waals surface area contributed by atoms with Crippen LogP contribution in [0, 0.1) is 0 Å². The third-order valence-electron chi connectivity index (χ3n) is 4.01. The number of rotatable bonds is 7. The van der Waals surface area contributed by atoms with Crippen molar-refractivity contribution in [3.8, 4) is 11.1 Å². The van der Waals surface area contributed by atoms with Crippen molar-refractivity contribution in [1.29, 1.82) is 0 Å². The lowest BCUT2D eigenvalue weighted by Gasteiger charge is -2.14. The molecule has 0 saturated carbocycles. The standard InChI is InChI=1S/C20H26.H3O3P/c1-3-5-6-8-12-17-15-11-16-20(19(17)4-2)18-13-9-7-10-14-18;1-4(2)3/h7,9-11,13-16H,3-6,8,12H2,1-2H3;1-3H. The van der Waals surface area contributed by atoms with Crippen LogP contribution in [-0.2, 0) is 12.8 Å². The summed E-state index contributed by atoms with van der Waals surface area (Å²) in [5.41, 5.74) is 5.85. The van der Waals surface area contributed by atoms with Gasteiger partial charge in [-0.2, -0.15) is 0 Å². The Balaban J connectivity index is 0.000000648. The first-order valence-electron chi connectivity index (χ1n) is 8.63. The smallest absolute Gasteiger partial charge is 0.324 e. The summed E-state index contributed by atoms with van der Waals surface area (Å²) in [6.45, 7) is 4.55. The van der Waals surface area contributed by atoms with Crippen LogP contribution in [0.25, 0.3) is 11.1 Å². The molecular weight excluding hydrogens is 319 g/mol. The van der Waals surface area contributed by atoms with Crippen molar-refractivity contribution < 1.29 is 14.7 Å². The molecule has 3 nitrogen and oxygen atoms in total. The molecule has 24 heavy (non-hydrogen) atoms. The zero-order valence-corrected chi connectivity index (χ0v) is 15.5. The van der Waals surface area contributed by atoms with Crippen molar-refractivity contribution >= 4 is 8.60 Å². The summed E-state index contributed by atoms with van der Waals surface area (Å²) in [4.78, 5) is 21.7. The Hall–Kier alpha value is -1.25. The molecule has 0 atom stereocenters. The zero-order valence-electron chi connectivity index (χ0n) is 14.7. The predicted molar refractivity (Wildman–Crippen MR) is 103 cm³/mol. The van der Waals surface area contributed by atoms with E-state index in [1.165, 1.54) is 48.8 Å². The van der Waals surface area contributed by atoms with E-state index in [1.807, 2.05) is 0 Å². The van der Waals surface area contributed by atoms with E-state index in [9.17, 15) is 0 Å². The first kappa shape index (κ1) is 20.8. The van der Waals surface area contributed by atoms with Gasteiger partial charge in [0.2, 0.25) is 0 Å². The summed E-state index contributed by atoms with van der Waals surface area (Å²) < 4.78 is 0. The maximum absolute atomic E-state index is 7.23. The minimum atomic E-state index is -2.62. The molecule has 2 aromatic rings. The average Bonchev–Trinajstić information content (AvgIpc) is 2.58. The molecule has 0 aliphatic rings. The quantitative estimate of drug-likeness (QED) is 0.474. The molecule has 0 amide bonds. The van der Waals surface area contributed by atoms with E-state index in [0.717, 1.165) is 6.42 Å². The SMILES string of the molecule is CCCCCCc1cccc(-c2ccccc2)c1CC.OP(O)O. The summed E-state index contributed by atoms with van der Waals surface area (Å²) in [5, 5.41) is 0. The van der Waals surface area contributed by atoms with Crippen LogP contribution in [-0.4, -0.2) is 14.7 Å². The second kappa shape index (κ2) is 12.2. The molecule has 132 valence electrons. The second-order valence-corrected chi connectivity index (χ2v) is 6.28. The van der Waals surface area contributed by atoms with Crippen LogP contribution in [0.3, 0.4) is 0 Å². The molecule has 3 N–H and O–H groups in total. The van der Waals surface area contributed by atoms with Gasteiger partial charge in [0.05, 0.1) is 0 Å². The van der Waals surface area contributed by atoms with Gasteiger partial charge in [0.15, 0.2) is 0 Å². The number of benzene rings is 2. The van der Waals surface area contributed by atoms with Gasteiger partial charge in [-0.05, 0) is 41.5 Å². The van der Waals surface area contributed by atoms with Gasteiger partial charge in [0.25, 0.3) is 0 Å². The van der Waals surface area contributed by atoms with Gasteiger partial charge in [-0.25, -0.2) is 0 Å². The third-order valence-corrected chi connectivity index (χ3v) is 4.01. The minimum absolute atomic E-state index is 1.12. The Kier molecular flexibility index (Phi) is 10.5. The first-order chi connectivity index (χ1) is 11.6. The number of hydrogen-bond acceptors (Lipinski definition) is 3. The largest absolute Gasteiger partial charge is 0.328 e. The Morgan fingerprint density at radius 2 is 1.46 bits per heavy atom. The molecule has 0 aromatic heterocycles. The fourth-order valence-electron chi connectivity index (χ4n) is 2.92. The van der Waals surface area contributed by atoms with Crippen molar-refractivity contribution in [2.45, 2.75) is 52.4 Å². The van der Waals surface area contributed by atoms with Gasteiger partial charge in [-0.15, -0.1) is 0 Å². The van der Waals surface area contributed by atoms with Crippen LogP contribution in [0.2, 0.25) is 0 Å². The fraction of sp³-hybridized carbons (Fsp3) is 0.400. The lowest BCUT2D eigenvalue weighted by molar-refractivity contribution is 0.368. The van der Waals surface area contributed by atoms with Crippen LogP contribution in [0.1, 0.15) is 50.7 Å². The van der Waals surface area contributed by atoms with Crippen LogP contribution in [0.15, 0.2) is 48.5 Å². The Morgan fingerprint density at radius 3 is 2.04 bits per heavy atom. The topological polar surface area (TPSA) is 60.7 Å². The lowest BCUT2D eigenvalue weighted by Crippen LogP contribution is -1.96. The van der Waals surface area contributed by atoms with Crippen molar-refractivity contribution in [3.05, 3.63) is 59.7 Å². The summed E-state index contributed by atoms with van der Waals surface area (Å²) in [7, 11) is -2.62. The highest BCUT2D eigenvalue weighted by atomic mass is 31.2. The van der Waals surface area contributed by atoms with Crippen LogP contribution < -0.4 is 0 Å². The summed E-state index contributed by atoms with van der Waals surface area (Å²) in [6, 6.07) is 17.6. The molecule has 0 radical (unpaired) electrons. The monoisotopic (exact) mass is 348 g/mol. The van der Waals surface area contributed by atoms with Gasteiger partial charge >= 0.3 is 8.60 Å². The molecule has 0 bridgehead atoms. The molecule has 0 aliphatic carbocycles. The zero-order chi connectivity index (χ0) is 17.8. The predicted octanol–water partition coefficient (Wildman–Crippen LogP) is 5.23. The average molecular weight is 348 g/mol. The highest BCUT2D eigenvalue weighted by Gasteiger charge is 2.08. The van der Waals surface area contributed by atoms with Crippen LogP contribution in [0.4, 0.5) is 0 Å². The summed E-state index contributed by atoms with van der Waals surface area (Å²) >= 11 is 0. The van der Waals surface area contributed by atoms with Gasteiger partial charge in [0.1, 0.15) is 0 Å². The van der Waals surface area contributed by atoms with Crippen LogP contribution >= 0.6 is 8.60 Å². The molecule has 0 fully saturated rings. The highest BCUT2D eigenvalue weighted by Crippen LogP contribution is 2.27. The van der Waals surface area contributed by atoms with Crippen molar-refractivity contribution in [1.82, 2.24) is 0 Å². The Bertz CT molecular complexity index is 568. The van der Waals surface area contributed by atoms with Gasteiger partial charge in [-0.3, -0.25) is 0 Å². The normalized spacial score (nSPS) is 10.4. The van der Waals surface area contributed by atoms with E-state index >= 15 is 0 Å². The number of unbranched alkanes of at least 4 members (excludes halogenated alkanes) is 3. The van der Waals surface area contributed by atoms with Crippen molar-refractivity contribution in [2.75, 3.05) is 0 Å². The van der Waals surface area contributed by atoms with E-state index in [0.29, 0.717) is 0 Å². The van der Waals surface area contributed by atoms with Crippen molar-refractivity contribution in [3.63, 3.8) is 0 Å².